The molecule has 2 heterocycles. The lowest BCUT2D eigenvalue weighted by atomic mass is 10.1. The normalized spacial score (nSPS) is 16.8. The molecule has 1 aromatic heterocycles. The highest BCUT2D eigenvalue weighted by molar-refractivity contribution is 5.85. The first-order valence-corrected chi connectivity index (χ1v) is 7.12. The van der Waals surface area contributed by atoms with Crippen molar-refractivity contribution in [3.63, 3.8) is 0 Å². The zero-order chi connectivity index (χ0) is 13.7. The molecule has 0 saturated carbocycles. The number of rotatable bonds is 5. The van der Waals surface area contributed by atoms with E-state index in [1.807, 2.05) is 30.2 Å². The van der Waals surface area contributed by atoms with Crippen molar-refractivity contribution in [3.05, 3.63) is 29.6 Å². The van der Waals surface area contributed by atoms with Crippen molar-refractivity contribution in [2.24, 2.45) is 0 Å². The molecule has 6 heteroatoms. The lowest BCUT2D eigenvalue weighted by Crippen LogP contribution is -2.42. The summed E-state index contributed by atoms with van der Waals surface area (Å²) in [6.45, 7) is 6.88. The Morgan fingerprint density at radius 2 is 2.19 bits per heavy atom. The first kappa shape index (κ1) is 20.2. The van der Waals surface area contributed by atoms with E-state index in [1.165, 1.54) is 0 Å². The lowest BCUT2D eigenvalue weighted by Gasteiger charge is -2.28. The van der Waals surface area contributed by atoms with E-state index in [4.69, 9.17) is 0 Å². The smallest absolute Gasteiger partial charge is 0.227 e. The molecular weight excluding hydrogens is 309 g/mol. The quantitative estimate of drug-likeness (QED) is 0.899. The number of halogens is 2. The van der Waals surface area contributed by atoms with Gasteiger partial charge in [-0.1, -0.05) is 13.0 Å². The number of aryl methyl sites for hydroxylation is 1. The highest BCUT2D eigenvalue weighted by Crippen LogP contribution is 2.12. The summed E-state index contributed by atoms with van der Waals surface area (Å²) < 4.78 is 0. The molecule has 0 bridgehead atoms. The van der Waals surface area contributed by atoms with Crippen LogP contribution in [0.15, 0.2) is 18.3 Å². The maximum atomic E-state index is 12.4. The molecule has 0 aromatic carbocycles. The highest BCUT2D eigenvalue weighted by Gasteiger charge is 2.25. The van der Waals surface area contributed by atoms with Crippen molar-refractivity contribution in [2.45, 2.75) is 39.2 Å². The van der Waals surface area contributed by atoms with Crippen LogP contribution in [0.1, 0.15) is 31.0 Å². The van der Waals surface area contributed by atoms with Gasteiger partial charge in [0.25, 0.3) is 0 Å². The zero-order valence-electron chi connectivity index (χ0n) is 12.7. The van der Waals surface area contributed by atoms with E-state index in [-0.39, 0.29) is 30.7 Å². The van der Waals surface area contributed by atoms with Gasteiger partial charge in [0, 0.05) is 31.0 Å². The molecule has 1 atom stereocenters. The summed E-state index contributed by atoms with van der Waals surface area (Å²) in [5, 5.41) is 3.33. The summed E-state index contributed by atoms with van der Waals surface area (Å²) >= 11 is 0. The maximum absolute atomic E-state index is 12.4. The van der Waals surface area contributed by atoms with E-state index >= 15 is 0 Å². The highest BCUT2D eigenvalue weighted by atomic mass is 35.5. The van der Waals surface area contributed by atoms with Crippen LogP contribution in [0.4, 0.5) is 0 Å². The van der Waals surface area contributed by atoms with Gasteiger partial charge in [-0.15, -0.1) is 24.8 Å². The monoisotopic (exact) mass is 333 g/mol. The van der Waals surface area contributed by atoms with Crippen LogP contribution in [-0.4, -0.2) is 41.5 Å². The van der Waals surface area contributed by atoms with Crippen molar-refractivity contribution < 1.29 is 4.79 Å². The number of amides is 1. The molecule has 120 valence electrons. The predicted octanol–water partition coefficient (Wildman–Crippen LogP) is 2.38. The fourth-order valence-electron chi connectivity index (χ4n) is 2.54. The van der Waals surface area contributed by atoms with Crippen molar-refractivity contribution in [3.8, 4) is 0 Å². The minimum Gasteiger partial charge on any atom is -0.338 e. The van der Waals surface area contributed by atoms with Crippen LogP contribution in [0.2, 0.25) is 0 Å². The topological polar surface area (TPSA) is 45.2 Å². The molecule has 0 spiro atoms. The van der Waals surface area contributed by atoms with Gasteiger partial charge in [0.1, 0.15) is 0 Å². The van der Waals surface area contributed by atoms with Gasteiger partial charge < -0.3 is 10.2 Å². The van der Waals surface area contributed by atoms with E-state index in [0.717, 1.165) is 43.7 Å². The summed E-state index contributed by atoms with van der Waals surface area (Å²) in [6, 6.07) is 4.33. The average Bonchev–Trinajstić information content (AvgIpc) is 2.92. The van der Waals surface area contributed by atoms with Gasteiger partial charge in [0.2, 0.25) is 5.91 Å². The molecule has 1 aliphatic heterocycles. The van der Waals surface area contributed by atoms with E-state index in [0.29, 0.717) is 12.5 Å². The zero-order valence-corrected chi connectivity index (χ0v) is 14.3. The van der Waals surface area contributed by atoms with Gasteiger partial charge in [-0.25, -0.2) is 0 Å². The fraction of sp³-hybridized carbons (Fsp3) is 0.600. The Bertz CT molecular complexity index is 419. The summed E-state index contributed by atoms with van der Waals surface area (Å²) in [6.07, 6.45) is 4.35. The van der Waals surface area contributed by atoms with E-state index in [9.17, 15) is 4.79 Å². The Balaban J connectivity index is 0.00000200. The summed E-state index contributed by atoms with van der Waals surface area (Å²) in [4.78, 5) is 18.7. The number of carbonyl (C=O) groups excluding carboxylic acids is 1. The van der Waals surface area contributed by atoms with Crippen LogP contribution in [0.5, 0.6) is 0 Å². The molecule has 1 aliphatic rings. The number of carbonyl (C=O) groups is 1. The van der Waals surface area contributed by atoms with Crippen LogP contribution in [0.3, 0.4) is 0 Å². The molecule has 2 rings (SSSR count). The summed E-state index contributed by atoms with van der Waals surface area (Å²) in [5.41, 5.74) is 1.99. The molecule has 1 saturated heterocycles. The van der Waals surface area contributed by atoms with E-state index in [1.54, 1.807) is 0 Å². The van der Waals surface area contributed by atoms with Gasteiger partial charge in [-0.3, -0.25) is 9.78 Å². The molecule has 1 N–H and O–H groups in total. The maximum Gasteiger partial charge on any atom is 0.227 e. The second-order valence-electron chi connectivity index (χ2n) is 5.22. The molecule has 1 fully saturated rings. The Hall–Kier alpha value is -0.840. The van der Waals surface area contributed by atoms with Gasteiger partial charge in [0.05, 0.1) is 6.42 Å². The lowest BCUT2D eigenvalue weighted by molar-refractivity contribution is -0.132. The fourth-order valence-corrected chi connectivity index (χ4v) is 2.54. The molecule has 0 aliphatic carbocycles. The molecule has 1 unspecified atom stereocenters. The first-order valence-electron chi connectivity index (χ1n) is 7.12. The van der Waals surface area contributed by atoms with Crippen LogP contribution < -0.4 is 5.32 Å². The summed E-state index contributed by atoms with van der Waals surface area (Å²) in [5.74, 6) is 0.223. The number of hydrogen-bond donors (Lipinski definition) is 1. The van der Waals surface area contributed by atoms with Crippen LogP contribution >= 0.6 is 24.8 Å². The van der Waals surface area contributed by atoms with Gasteiger partial charge in [-0.05, 0) is 37.9 Å². The molecule has 4 nitrogen and oxygen atoms in total. The molecule has 21 heavy (non-hydrogen) atoms. The van der Waals surface area contributed by atoms with E-state index < -0.39 is 0 Å². The minimum atomic E-state index is 0. The number of hydrogen-bond acceptors (Lipinski definition) is 3. The number of nitrogens with one attached hydrogen (secondary N) is 1. The number of pyridine rings is 1. The number of nitrogens with zero attached hydrogens (tertiary/aromatic N) is 2. The van der Waals surface area contributed by atoms with Crippen molar-refractivity contribution in [2.75, 3.05) is 19.6 Å². The van der Waals surface area contributed by atoms with Gasteiger partial charge in [0.15, 0.2) is 0 Å². The Morgan fingerprint density at radius 3 is 2.71 bits per heavy atom. The third kappa shape index (κ3) is 5.81. The second kappa shape index (κ2) is 9.98. The van der Waals surface area contributed by atoms with Crippen LogP contribution in [0, 0.1) is 6.92 Å². The Morgan fingerprint density at radius 1 is 1.43 bits per heavy atom. The minimum absolute atomic E-state index is 0. The Labute approximate surface area is 139 Å². The second-order valence-corrected chi connectivity index (χ2v) is 5.22. The first-order chi connectivity index (χ1) is 9.20. The summed E-state index contributed by atoms with van der Waals surface area (Å²) in [7, 11) is 0. The molecule has 0 radical (unpaired) electrons. The third-order valence-corrected chi connectivity index (χ3v) is 3.59. The predicted molar refractivity (Wildman–Crippen MR) is 90.5 cm³/mol. The average molecular weight is 334 g/mol. The Kier molecular flexibility index (Phi) is 9.58. The standard InChI is InChI=1S/C15H23N3O.2ClH/c1-3-8-18(14-6-7-16-11-14)15(19)9-13-5-4-12(2)17-10-13;;/h4-5,10,14,16H,3,6-9,11H2,1-2H3;2*1H. The van der Waals surface area contributed by atoms with E-state index in [2.05, 4.69) is 17.2 Å². The van der Waals surface area contributed by atoms with Crippen molar-refractivity contribution in [1.82, 2.24) is 15.2 Å². The molecule has 1 aromatic rings. The number of aromatic nitrogens is 1. The molecular formula is C15H25Cl2N3O. The van der Waals surface area contributed by atoms with Crippen molar-refractivity contribution >= 4 is 30.7 Å². The van der Waals surface area contributed by atoms with Crippen LogP contribution in [0.25, 0.3) is 0 Å². The van der Waals surface area contributed by atoms with Crippen molar-refractivity contribution in [1.29, 1.82) is 0 Å². The van der Waals surface area contributed by atoms with Gasteiger partial charge in [-0.2, -0.15) is 0 Å². The van der Waals surface area contributed by atoms with Crippen LogP contribution in [-0.2, 0) is 11.2 Å². The third-order valence-electron chi connectivity index (χ3n) is 3.59. The molecule has 1 amide bonds. The SMILES string of the molecule is CCCN(C(=O)Cc1ccc(C)nc1)C1CCNC1.Cl.Cl. The van der Waals surface area contributed by atoms with Gasteiger partial charge >= 0.3 is 0 Å². The largest absolute Gasteiger partial charge is 0.338 e.